The number of carbonyl (C=O) groups excluding carboxylic acids is 1. The minimum atomic E-state index is -0.301. The molecule has 0 saturated carbocycles. The first-order valence-corrected chi connectivity index (χ1v) is 6.95. The fraction of sp³-hybridized carbons (Fsp3) is 0.533. The number of amides is 1. The maximum atomic E-state index is 11.3. The second-order valence-electron chi connectivity index (χ2n) is 5.33. The van der Waals surface area contributed by atoms with Gasteiger partial charge in [-0.25, -0.2) is 5.84 Å². The second-order valence-corrected chi connectivity index (χ2v) is 5.33. The Morgan fingerprint density at radius 3 is 2.50 bits per heavy atom. The van der Waals surface area contributed by atoms with Gasteiger partial charge in [-0.15, -0.1) is 0 Å². The summed E-state index contributed by atoms with van der Waals surface area (Å²) in [6, 6.07) is 6.94. The molecule has 0 aliphatic heterocycles. The summed E-state index contributed by atoms with van der Waals surface area (Å²) in [5.41, 5.74) is 2.62. The largest absolute Gasteiger partial charge is 0.492 e. The molecule has 1 rings (SSSR count). The number of nitrogens with one attached hydrogen (secondary N) is 1. The Labute approximate surface area is 121 Å². The predicted molar refractivity (Wildman–Crippen MR) is 80.5 cm³/mol. The molecule has 0 heterocycles. The number of hydrazine groups is 1. The van der Waals surface area contributed by atoms with E-state index in [0.29, 0.717) is 12.2 Å². The number of hydrogen-bond acceptors (Lipinski definition) is 4. The van der Waals surface area contributed by atoms with Gasteiger partial charge in [0.1, 0.15) is 12.4 Å². The molecule has 0 aliphatic rings. The molecule has 0 aromatic heterocycles. The lowest BCUT2D eigenvalue weighted by Gasteiger charge is -2.18. The quantitative estimate of drug-likeness (QED) is 0.431. The molecule has 0 radical (unpaired) electrons. The molecule has 5 nitrogen and oxygen atoms in total. The van der Waals surface area contributed by atoms with E-state index >= 15 is 0 Å². The Hall–Kier alpha value is -1.59. The third-order valence-electron chi connectivity index (χ3n) is 3.08. The summed E-state index contributed by atoms with van der Waals surface area (Å²) in [6.07, 6.45) is 1.19. The highest BCUT2D eigenvalue weighted by Crippen LogP contribution is 2.12. The zero-order valence-electron chi connectivity index (χ0n) is 12.6. The molecule has 0 spiro atoms. The molecule has 3 N–H and O–H groups in total. The first kappa shape index (κ1) is 16.5. The molecule has 20 heavy (non-hydrogen) atoms. The lowest BCUT2D eigenvalue weighted by molar-refractivity contribution is 0.0953. The molecule has 0 fully saturated rings. The van der Waals surface area contributed by atoms with Crippen molar-refractivity contribution in [2.75, 3.05) is 26.7 Å². The molecule has 1 amide bonds. The van der Waals surface area contributed by atoms with E-state index in [1.165, 1.54) is 6.42 Å². The molecule has 0 unspecified atom stereocenters. The van der Waals surface area contributed by atoms with Gasteiger partial charge in [0, 0.05) is 12.1 Å². The van der Waals surface area contributed by atoms with E-state index in [2.05, 4.69) is 31.2 Å². The number of hydrogen-bond donors (Lipinski definition) is 2. The van der Waals surface area contributed by atoms with E-state index < -0.39 is 0 Å². The van der Waals surface area contributed by atoms with Crippen LogP contribution in [0.5, 0.6) is 5.75 Å². The normalized spacial score (nSPS) is 10.9. The number of nitrogens with zero attached hydrogens (tertiary/aromatic N) is 1. The van der Waals surface area contributed by atoms with Crippen LogP contribution in [0.15, 0.2) is 24.3 Å². The number of likely N-dealkylation sites (N-methyl/N-ethyl adjacent to an activating group) is 1. The van der Waals surface area contributed by atoms with Crippen molar-refractivity contribution in [3.8, 4) is 5.75 Å². The lowest BCUT2D eigenvalue weighted by atomic mass is 10.1. The highest BCUT2D eigenvalue weighted by molar-refractivity contribution is 5.93. The van der Waals surface area contributed by atoms with Crippen LogP contribution in [0, 0.1) is 5.92 Å². The molecule has 0 saturated heterocycles. The fourth-order valence-corrected chi connectivity index (χ4v) is 1.70. The van der Waals surface area contributed by atoms with Gasteiger partial charge < -0.3 is 9.64 Å². The zero-order chi connectivity index (χ0) is 15.0. The van der Waals surface area contributed by atoms with Crippen LogP contribution in [0.4, 0.5) is 0 Å². The average molecular weight is 279 g/mol. The Kier molecular flexibility index (Phi) is 7.04. The van der Waals surface area contributed by atoms with Crippen LogP contribution < -0.4 is 16.0 Å². The SMILES string of the molecule is CC(C)CCN(C)CCOc1ccc(C(=O)NN)cc1. The van der Waals surface area contributed by atoms with Gasteiger partial charge in [-0.2, -0.15) is 0 Å². The van der Waals surface area contributed by atoms with Crippen LogP contribution in [-0.4, -0.2) is 37.6 Å². The van der Waals surface area contributed by atoms with Crippen molar-refractivity contribution < 1.29 is 9.53 Å². The maximum Gasteiger partial charge on any atom is 0.265 e. The van der Waals surface area contributed by atoms with E-state index in [1.54, 1.807) is 24.3 Å². The van der Waals surface area contributed by atoms with Crippen LogP contribution >= 0.6 is 0 Å². The Bertz CT molecular complexity index is 404. The van der Waals surface area contributed by atoms with Crippen molar-refractivity contribution >= 4 is 5.91 Å². The summed E-state index contributed by atoms with van der Waals surface area (Å²) >= 11 is 0. The van der Waals surface area contributed by atoms with Gasteiger partial charge >= 0.3 is 0 Å². The smallest absolute Gasteiger partial charge is 0.265 e. The topological polar surface area (TPSA) is 67.6 Å². The standard InChI is InChI=1S/C15H25N3O2/c1-12(2)8-9-18(3)10-11-20-14-6-4-13(5-7-14)15(19)17-16/h4-7,12H,8-11,16H2,1-3H3,(H,17,19). The van der Waals surface area contributed by atoms with Gasteiger partial charge in [-0.05, 0) is 50.2 Å². The highest BCUT2D eigenvalue weighted by Gasteiger charge is 2.04. The van der Waals surface area contributed by atoms with Gasteiger partial charge in [0.15, 0.2) is 0 Å². The Morgan fingerprint density at radius 1 is 1.30 bits per heavy atom. The first-order chi connectivity index (χ1) is 9.52. The van der Waals surface area contributed by atoms with Crippen LogP contribution in [0.3, 0.4) is 0 Å². The highest BCUT2D eigenvalue weighted by atomic mass is 16.5. The van der Waals surface area contributed by atoms with Gasteiger partial charge in [-0.1, -0.05) is 13.8 Å². The molecule has 1 aromatic carbocycles. The summed E-state index contributed by atoms with van der Waals surface area (Å²) in [4.78, 5) is 13.5. The number of nitrogen functional groups attached to an aromatic ring is 1. The van der Waals surface area contributed by atoms with E-state index in [-0.39, 0.29) is 5.91 Å². The summed E-state index contributed by atoms with van der Waals surface area (Å²) in [7, 11) is 2.10. The third-order valence-corrected chi connectivity index (χ3v) is 3.08. The van der Waals surface area contributed by atoms with E-state index in [0.717, 1.165) is 24.8 Å². The van der Waals surface area contributed by atoms with Gasteiger partial charge in [0.25, 0.3) is 5.91 Å². The van der Waals surface area contributed by atoms with E-state index in [1.807, 2.05) is 0 Å². The number of ether oxygens (including phenoxy) is 1. The molecule has 112 valence electrons. The van der Waals surface area contributed by atoms with Crippen molar-refractivity contribution in [2.24, 2.45) is 11.8 Å². The van der Waals surface area contributed by atoms with Gasteiger partial charge in [0.2, 0.25) is 0 Å². The fourth-order valence-electron chi connectivity index (χ4n) is 1.70. The predicted octanol–water partition coefficient (Wildman–Crippen LogP) is 1.65. The van der Waals surface area contributed by atoms with Crippen LogP contribution in [0.25, 0.3) is 0 Å². The number of nitrogens with two attached hydrogens (primary N) is 1. The second kappa shape index (κ2) is 8.55. The monoisotopic (exact) mass is 279 g/mol. The van der Waals surface area contributed by atoms with Crippen LogP contribution in [0.2, 0.25) is 0 Å². The van der Waals surface area contributed by atoms with Crippen LogP contribution in [0.1, 0.15) is 30.6 Å². The lowest BCUT2D eigenvalue weighted by Crippen LogP contribution is -2.29. The van der Waals surface area contributed by atoms with E-state index in [4.69, 9.17) is 10.6 Å². The van der Waals surface area contributed by atoms with E-state index in [9.17, 15) is 4.79 Å². The number of carbonyl (C=O) groups is 1. The third kappa shape index (κ3) is 6.04. The molecule has 1 aromatic rings. The molecule has 5 heteroatoms. The maximum absolute atomic E-state index is 11.3. The van der Waals surface area contributed by atoms with Crippen molar-refractivity contribution in [3.05, 3.63) is 29.8 Å². The van der Waals surface area contributed by atoms with Crippen LogP contribution in [-0.2, 0) is 0 Å². The molecule has 0 atom stereocenters. The van der Waals surface area contributed by atoms with Crippen molar-refractivity contribution in [2.45, 2.75) is 20.3 Å². The summed E-state index contributed by atoms with van der Waals surface area (Å²) < 4.78 is 5.65. The van der Waals surface area contributed by atoms with Gasteiger partial charge in [-0.3, -0.25) is 10.2 Å². The molecule has 0 bridgehead atoms. The average Bonchev–Trinajstić information content (AvgIpc) is 2.45. The molecular formula is C15H25N3O2. The minimum Gasteiger partial charge on any atom is -0.492 e. The summed E-state index contributed by atoms with van der Waals surface area (Å²) in [6.45, 7) is 7.05. The molecule has 0 aliphatic carbocycles. The first-order valence-electron chi connectivity index (χ1n) is 6.95. The number of rotatable bonds is 8. The summed E-state index contributed by atoms with van der Waals surface area (Å²) in [5.74, 6) is 6.25. The van der Waals surface area contributed by atoms with Gasteiger partial charge in [0.05, 0.1) is 0 Å². The summed E-state index contributed by atoms with van der Waals surface area (Å²) in [5, 5.41) is 0. The minimum absolute atomic E-state index is 0.301. The Morgan fingerprint density at radius 2 is 1.95 bits per heavy atom. The Balaban J connectivity index is 2.30. The molecular weight excluding hydrogens is 254 g/mol. The van der Waals surface area contributed by atoms with Crippen molar-refractivity contribution in [1.29, 1.82) is 0 Å². The number of benzene rings is 1. The zero-order valence-corrected chi connectivity index (χ0v) is 12.6. The van der Waals surface area contributed by atoms with Crippen molar-refractivity contribution in [1.82, 2.24) is 10.3 Å². The van der Waals surface area contributed by atoms with Crippen molar-refractivity contribution in [3.63, 3.8) is 0 Å².